The monoisotopic (exact) mass is 223 g/mol. The molecule has 0 bridgehead atoms. The maximum atomic E-state index is 11.5. The maximum absolute atomic E-state index is 11.5. The molecule has 1 aromatic rings. The quantitative estimate of drug-likeness (QED) is 0.842. The normalized spacial score (nSPS) is 10.9. The van der Waals surface area contributed by atoms with Crippen molar-refractivity contribution in [1.29, 1.82) is 0 Å². The summed E-state index contributed by atoms with van der Waals surface area (Å²) in [6.07, 6.45) is 1.63. The van der Waals surface area contributed by atoms with Crippen LogP contribution in [-0.2, 0) is 4.79 Å². The molecule has 0 radical (unpaired) electrons. The molecule has 0 unspecified atom stereocenters. The second kappa shape index (κ2) is 4.92. The minimum Gasteiger partial charge on any atom is -0.310 e. The molecular formula is C11H17N3O2. The highest BCUT2D eigenvalue weighted by molar-refractivity contribution is 5.90. The highest BCUT2D eigenvalue weighted by Gasteiger charge is 2.09. The average Bonchev–Trinajstić information content (AvgIpc) is 2.16. The van der Waals surface area contributed by atoms with E-state index in [0.29, 0.717) is 5.82 Å². The highest BCUT2D eigenvalue weighted by atomic mass is 16.2. The van der Waals surface area contributed by atoms with Gasteiger partial charge in [-0.05, 0) is 19.9 Å². The number of aromatic nitrogens is 2. The number of rotatable bonds is 3. The first-order chi connectivity index (χ1) is 7.41. The maximum Gasteiger partial charge on any atom is 0.349 e. The lowest BCUT2D eigenvalue weighted by Gasteiger charge is -2.10. The van der Waals surface area contributed by atoms with Crippen LogP contribution in [0.4, 0.5) is 5.82 Å². The molecule has 0 saturated heterocycles. The van der Waals surface area contributed by atoms with Gasteiger partial charge in [-0.15, -0.1) is 0 Å². The van der Waals surface area contributed by atoms with E-state index in [2.05, 4.69) is 10.3 Å². The van der Waals surface area contributed by atoms with Gasteiger partial charge in [-0.2, -0.15) is 4.98 Å². The standard InChI is InChI=1S/C11H17N3O2/c1-7(2)10(15)12-9-5-6-14(8(3)4)11(16)13-9/h5-8H,1-4H3,(H,12,13,15,16). The Kier molecular flexibility index (Phi) is 3.82. The predicted octanol–water partition coefficient (Wildman–Crippen LogP) is 1.42. The van der Waals surface area contributed by atoms with Gasteiger partial charge in [0.1, 0.15) is 5.82 Å². The predicted molar refractivity (Wildman–Crippen MR) is 62.3 cm³/mol. The van der Waals surface area contributed by atoms with Crippen molar-refractivity contribution < 1.29 is 4.79 Å². The fourth-order valence-corrected chi connectivity index (χ4v) is 1.15. The van der Waals surface area contributed by atoms with E-state index in [0.717, 1.165) is 0 Å². The van der Waals surface area contributed by atoms with Crippen LogP contribution in [0.25, 0.3) is 0 Å². The summed E-state index contributed by atoms with van der Waals surface area (Å²) in [6.45, 7) is 7.36. The minimum atomic E-state index is -0.350. The van der Waals surface area contributed by atoms with E-state index >= 15 is 0 Å². The summed E-state index contributed by atoms with van der Waals surface area (Å²) in [5.74, 6) is 0.0316. The minimum absolute atomic E-state index is 0.0647. The third kappa shape index (κ3) is 2.92. The van der Waals surface area contributed by atoms with Gasteiger partial charge in [0.2, 0.25) is 5.91 Å². The summed E-state index contributed by atoms with van der Waals surface area (Å²) in [5, 5.41) is 2.58. The van der Waals surface area contributed by atoms with Gasteiger partial charge in [0, 0.05) is 18.2 Å². The van der Waals surface area contributed by atoms with Gasteiger partial charge in [0.05, 0.1) is 0 Å². The Labute approximate surface area is 94.5 Å². The molecular weight excluding hydrogens is 206 g/mol. The zero-order valence-corrected chi connectivity index (χ0v) is 10.0. The number of amides is 1. The second-order valence-corrected chi connectivity index (χ2v) is 4.24. The first-order valence-electron chi connectivity index (χ1n) is 5.32. The molecule has 0 aliphatic heterocycles. The van der Waals surface area contributed by atoms with Crippen molar-refractivity contribution in [3.63, 3.8) is 0 Å². The lowest BCUT2D eigenvalue weighted by atomic mass is 10.2. The third-order valence-electron chi connectivity index (χ3n) is 2.16. The zero-order valence-electron chi connectivity index (χ0n) is 10.0. The summed E-state index contributed by atoms with van der Waals surface area (Å²) in [6, 6.07) is 1.69. The van der Waals surface area contributed by atoms with Crippen molar-refractivity contribution in [3.05, 3.63) is 22.7 Å². The van der Waals surface area contributed by atoms with Gasteiger partial charge >= 0.3 is 5.69 Å². The van der Waals surface area contributed by atoms with Crippen molar-refractivity contribution in [2.24, 2.45) is 5.92 Å². The number of carbonyl (C=O) groups excluding carboxylic acids is 1. The first-order valence-corrected chi connectivity index (χ1v) is 5.32. The molecule has 0 aromatic carbocycles. The van der Waals surface area contributed by atoms with Crippen LogP contribution in [0.1, 0.15) is 33.7 Å². The van der Waals surface area contributed by atoms with E-state index in [9.17, 15) is 9.59 Å². The molecule has 0 saturated carbocycles. The zero-order chi connectivity index (χ0) is 12.3. The summed E-state index contributed by atoms with van der Waals surface area (Å²) in [5.41, 5.74) is -0.350. The number of nitrogens with one attached hydrogen (secondary N) is 1. The smallest absolute Gasteiger partial charge is 0.310 e. The van der Waals surface area contributed by atoms with Gasteiger partial charge in [-0.3, -0.25) is 9.36 Å². The van der Waals surface area contributed by atoms with Crippen molar-refractivity contribution in [3.8, 4) is 0 Å². The lowest BCUT2D eigenvalue weighted by molar-refractivity contribution is -0.118. The number of hydrogen-bond acceptors (Lipinski definition) is 3. The topological polar surface area (TPSA) is 64.0 Å². The lowest BCUT2D eigenvalue weighted by Crippen LogP contribution is -2.27. The average molecular weight is 223 g/mol. The molecule has 0 aliphatic rings. The molecule has 88 valence electrons. The van der Waals surface area contributed by atoms with Crippen molar-refractivity contribution in [2.75, 3.05) is 5.32 Å². The van der Waals surface area contributed by atoms with Gasteiger partial charge in [-0.25, -0.2) is 4.79 Å². The van der Waals surface area contributed by atoms with Gasteiger partial charge in [0.15, 0.2) is 0 Å². The van der Waals surface area contributed by atoms with Crippen LogP contribution in [-0.4, -0.2) is 15.5 Å². The first kappa shape index (κ1) is 12.4. The SMILES string of the molecule is CC(C)C(=O)Nc1ccn(C(C)C)c(=O)n1. The Hall–Kier alpha value is -1.65. The second-order valence-electron chi connectivity index (χ2n) is 4.24. The molecule has 0 aliphatic carbocycles. The molecule has 1 amide bonds. The van der Waals surface area contributed by atoms with Crippen molar-refractivity contribution >= 4 is 11.7 Å². The van der Waals surface area contributed by atoms with Crippen LogP contribution >= 0.6 is 0 Å². The number of anilines is 1. The summed E-state index contributed by atoms with van der Waals surface area (Å²) >= 11 is 0. The molecule has 1 rings (SSSR count). The number of hydrogen-bond donors (Lipinski definition) is 1. The summed E-state index contributed by atoms with van der Waals surface area (Å²) in [7, 11) is 0. The largest absolute Gasteiger partial charge is 0.349 e. The number of nitrogens with zero attached hydrogens (tertiary/aromatic N) is 2. The van der Waals surface area contributed by atoms with E-state index in [1.54, 1.807) is 26.1 Å². The molecule has 16 heavy (non-hydrogen) atoms. The van der Waals surface area contributed by atoms with E-state index in [1.807, 2.05) is 13.8 Å². The van der Waals surface area contributed by atoms with Crippen LogP contribution in [0.5, 0.6) is 0 Å². The Morgan fingerprint density at radius 2 is 2.00 bits per heavy atom. The molecule has 1 N–H and O–H groups in total. The molecule has 0 fully saturated rings. The Bertz CT molecular complexity index is 435. The van der Waals surface area contributed by atoms with E-state index < -0.39 is 0 Å². The Balaban J connectivity index is 2.90. The Morgan fingerprint density at radius 3 is 2.44 bits per heavy atom. The van der Waals surface area contributed by atoms with E-state index in [1.165, 1.54) is 4.57 Å². The summed E-state index contributed by atoms with van der Waals surface area (Å²) < 4.78 is 1.50. The van der Waals surface area contributed by atoms with Crippen LogP contribution < -0.4 is 11.0 Å². The molecule has 5 heteroatoms. The van der Waals surface area contributed by atoms with Gasteiger partial charge < -0.3 is 5.32 Å². The van der Waals surface area contributed by atoms with Crippen molar-refractivity contribution in [2.45, 2.75) is 33.7 Å². The third-order valence-corrected chi connectivity index (χ3v) is 2.16. The molecule has 1 aromatic heterocycles. The Morgan fingerprint density at radius 1 is 1.38 bits per heavy atom. The van der Waals surface area contributed by atoms with Gasteiger partial charge in [0.25, 0.3) is 0 Å². The fraction of sp³-hybridized carbons (Fsp3) is 0.545. The number of carbonyl (C=O) groups is 1. The summed E-state index contributed by atoms with van der Waals surface area (Å²) in [4.78, 5) is 26.7. The van der Waals surface area contributed by atoms with Crippen LogP contribution in [0.3, 0.4) is 0 Å². The van der Waals surface area contributed by atoms with Gasteiger partial charge in [-0.1, -0.05) is 13.8 Å². The van der Waals surface area contributed by atoms with E-state index in [4.69, 9.17) is 0 Å². The molecule has 5 nitrogen and oxygen atoms in total. The molecule has 0 atom stereocenters. The van der Waals surface area contributed by atoms with E-state index in [-0.39, 0.29) is 23.6 Å². The van der Waals surface area contributed by atoms with Crippen LogP contribution in [0, 0.1) is 5.92 Å². The highest BCUT2D eigenvalue weighted by Crippen LogP contribution is 2.04. The van der Waals surface area contributed by atoms with Crippen LogP contribution in [0.2, 0.25) is 0 Å². The molecule has 1 heterocycles. The fourth-order valence-electron chi connectivity index (χ4n) is 1.15. The molecule has 0 spiro atoms. The van der Waals surface area contributed by atoms with Crippen molar-refractivity contribution in [1.82, 2.24) is 9.55 Å². The van der Waals surface area contributed by atoms with Crippen LogP contribution in [0.15, 0.2) is 17.1 Å².